The molecule has 0 aliphatic carbocycles. The molecule has 0 radical (unpaired) electrons. The summed E-state index contributed by atoms with van der Waals surface area (Å²) >= 11 is 4.09. The maximum atomic E-state index is 5.14. The first kappa shape index (κ1) is 11.1. The Bertz CT molecular complexity index is 244. The van der Waals surface area contributed by atoms with Crippen LogP contribution in [-0.4, -0.2) is 20.1 Å². The third kappa shape index (κ3) is 6.50. The van der Waals surface area contributed by atoms with E-state index in [-0.39, 0.29) is 23.0 Å². The summed E-state index contributed by atoms with van der Waals surface area (Å²) in [4.78, 5) is 10.5. The summed E-state index contributed by atoms with van der Waals surface area (Å²) in [6, 6.07) is 0. The Morgan fingerprint density at radius 2 is 1.00 bits per heavy atom. The number of nitrogens with two attached hydrogens (primary N) is 5. The fourth-order valence-electron chi connectivity index (χ4n) is 0.427. The van der Waals surface area contributed by atoms with Crippen LogP contribution in [0.3, 0.4) is 0 Å². The van der Waals surface area contributed by atoms with Gasteiger partial charge in [-0.15, -0.1) is 0 Å². The number of anilines is 3. The van der Waals surface area contributed by atoms with E-state index in [0.29, 0.717) is 0 Å². The van der Waals surface area contributed by atoms with Crippen LogP contribution in [0.15, 0.2) is 0 Å². The monoisotopic (exact) mass is 202 g/mol. The van der Waals surface area contributed by atoms with Crippen molar-refractivity contribution in [3.05, 3.63) is 0 Å². The van der Waals surface area contributed by atoms with Gasteiger partial charge in [0.15, 0.2) is 5.11 Å². The van der Waals surface area contributed by atoms with Crippen molar-refractivity contribution in [3.63, 3.8) is 0 Å². The first-order valence-electron chi connectivity index (χ1n) is 2.99. The lowest BCUT2D eigenvalue weighted by Gasteiger charge is -1.93. The number of aromatic nitrogens is 3. The quantitative estimate of drug-likeness (QED) is 0.293. The Morgan fingerprint density at radius 3 is 1.15 bits per heavy atom. The van der Waals surface area contributed by atoms with Crippen LogP contribution in [0.4, 0.5) is 17.8 Å². The van der Waals surface area contributed by atoms with Crippen LogP contribution in [0, 0.1) is 0 Å². The van der Waals surface area contributed by atoms with E-state index >= 15 is 0 Å². The van der Waals surface area contributed by atoms with Crippen molar-refractivity contribution in [2.45, 2.75) is 0 Å². The molecule has 1 aromatic heterocycles. The summed E-state index contributed by atoms with van der Waals surface area (Å²) < 4.78 is 0. The van der Waals surface area contributed by atoms with E-state index in [2.05, 4.69) is 38.6 Å². The summed E-state index contributed by atoms with van der Waals surface area (Å²) in [5, 5.41) is 0.000000000000000222. The highest BCUT2D eigenvalue weighted by Gasteiger charge is 1.93. The zero-order valence-electron chi connectivity index (χ0n) is 6.64. The number of rotatable bonds is 0. The highest BCUT2D eigenvalue weighted by molar-refractivity contribution is 7.80. The van der Waals surface area contributed by atoms with Crippen LogP contribution in [0.5, 0.6) is 0 Å². The summed E-state index contributed by atoms with van der Waals surface area (Å²) in [5.41, 5.74) is 24.7. The number of nitrogen functional groups attached to an aromatic ring is 3. The number of thiocarbonyl (C=S) groups is 1. The Balaban J connectivity index is 0.000000310. The van der Waals surface area contributed by atoms with E-state index in [4.69, 9.17) is 17.2 Å². The lowest BCUT2D eigenvalue weighted by atomic mass is 10.9. The van der Waals surface area contributed by atoms with E-state index in [0.717, 1.165) is 0 Å². The predicted octanol–water partition coefficient (Wildman–Crippen LogP) is -2.19. The van der Waals surface area contributed by atoms with Gasteiger partial charge in [0.05, 0.1) is 0 Å². The van der Waals surface area contributed by atoms with Crippen LogP contribution in [-0.2, 0) is 0 Å². The summed E-state index contributed by atoms with van der Waals surface area (Å²) in [6.45, 7) is 0. The van der Waals surface area contributed by atoms with Crippen LogP contribution in [0.1, 0.15) is 0 Å². The second kappa shape index (κ2) is 4.87. The van der Waals surface area contributed by atoms with Crippen LogP contribution >= 0.6 is 12.2 Å². The number of hydrogen-bond donors (Lipinski definition) is 5. The molecule has 8 nitrogen and oxygen atoms in total. The van der Waals surface area contributed by atoms with Gasteiger partial charge in [0.1, 0.15) is 0 Å². The molecule has 0 saturated carbocycles. The van der Waals surface area contributed by atoms with Crippen molar-refractivity contribution < 1.29 is 0 Å². The molecule has 0 aliphatic heterocycles. The topological polar surface area (TPSA) is 169 Å². The number of hydrogen-bond acceptors (Lipinski definition) is 7. The molecular weight excluding hydrogens is 192 g/mol. The zero-order chi connectivity index (χ0) is 10.4. The van der Waals surface area contributed by atoms with Gasteiger partial charge in [-0.2, -0.15) is 15.0 Å². The second-order valence-corrected chi connectivity index (χ2v) is 2.28. The largest absolute Gasteiger partial charge is 0.377 e. The molecule has 1 heterocycles. The van der Waals surface area contributed by atoms with E-state index in [1.165, 1.54) is 0 Å². The van der Waals surface area contributed by atoms with Gasteiger partial charge < -0.3 is 28.7 Å². The Hall–Kier alpha value is -1.90. The van der Waals surface area contributed by atoms with Gasteiger partial charge in [0.25, 0.3) is 0 Å². The van der Waals surface area contributed by atoms with Crippen molar-refractivity contribution >= 4 is 35.2 Å². The lowest BCUT2D eigenvalue weighted by Crippen LogP contribution is -2.18. The van der Waals surface area contributed by atoms with E-state index in [1.807, 2.05) is 0 Å². The number of nitrogens with zero attached hydrogens (tertiary/aromatic N) is 3. The molecule has 0 fully saturated rings. The molecule has 72 valence electrons. The Kier molecular flexibility index (Phi) is 4.16. The standard InChI is InChI=1S/C3H6N6.CH4N2S/c4-1-7-2(5)9-3(6)8-1;2-1(3)4/h(H6,4,5,6,7,8,9);(H4,2,3,4). The van der Waals surface area contributed by atoms with Gasteiger partial charge in [0.2, 0.25) is 17.8 Å². The third-order valence-corrected chi connectivity index (χ3v) is 0.687. The third-order valence-electron chi connectivity index (χ3n) is 0.687. The Morgan fingerprint density at radius 1 is 0.846 bits per heavy atom. The first-order chi connectivity index (χ1) is 5.91. The molecule has 0 bridgehead atoms. The van der Waals surface area contributed by atoms with Crippen molar-refractivity contribution in [2.24, 2.45) is 11.5 Å². The summed E-state index contributed by atoms with van der Waals surface area (Å²) in [6.07, 6.45) is 0. The Labute approximate surface area is 79.5 Å². The normalized spacial score (nSPS) is 8.31. The molecule has 0 saturated heterocycles. The summed E-state index contributed by atoms with van der Waals surface area (Å²) in [7, 11) is 0. The SMILES string of the molecule is NC(N)=S.Nc1nc(N)nc(N)n1. The summed E-state index contributed by atoms with van der Waals surface area (Å²) in [5.74, 6) is 0.125. The maximum Gasteiger partial charge on any atom is 0.226 e. The fraction of sp³-hybridized carbons (Fsp3) is 0. The van der Waals surface area contributed by atoms with Gasteiger partial charge in [-0.3, -0.25) is 0 Å². The van der Waals surface area contributed by atoms with Crippen molar-refractivity contribution in [3.8, 4) is 0 Å². The van der Waals surface area contributed by atoms with Gasteiger partial charge >= 0.3 is 0 Å². The van der Waals surface area contributed by atoms with Gasteiger partial charge in [-0.25, -0.2) is 0 Å². The highest BCUT2D eigenvalue weighted by atomic mass is 32.1. The molecule has 0 unspecified atom stereocenters. The van der Waals surface area contributed by atoms with Crippen molar-refractivity contribution in [1.29, 1.82) is 0 Å². The molecule has 0 atom stereocenters. The van der Waals surface area contributed by atoms with Crippen LogP contribution < -0.4 is 28.7 Å². The highest BCUT2D eigenvalue weighted by Crippen LogP contribution is 1.97. The van der Waals surface area contributed by atoms with Crippen LogP contribution in [0.2, 0.25) is 0 Å². The first-order valence-corrected chi connectivity index (χ1v) is 3.40. The average molecular weight is 202 g/mol. The molecular formula is C4H10N8S. The predicted molar refractivity (Wildman–Crippen MR) is 54.0 cm³/mol. The van der Waals surface area contributed by atoms with E-state index in [9.17, 15) is 0 Å². The molecule has 1 rings (SSSR count). The van der Waals surface area contributed by atoms with E-state index < -0.39 is 0 Å². The molecule has 10 N–H and O–H groups in total. The molecule has 0 aromatic carbocycles. The molecule has 0 spiro atoms. The van der Waals surface area contributed by atoms with Crippen LogP contribution in [0.25, 0.3) is 0 Å². The maximum absolute atomic E-state index is 5.14. The smallest absolute Gasteiger partial charge is 0.226 e. The minimum atomic E-state index is 0.000000000000000222. The van der Waals surface area contributed by atoms with Crippen molar-refractivity contribution in [2.75, 3.05) is 17.2 Å². The van der Waals surface area contributed by atoms with Gasteiger partial charge in [-0.1, -0.05) is 0 Å². The zero-order valence-corrected chi connectivity index (χ0v) is 7.45. The van der Waals surface area contributed by atoms with Gasteiger partial charge in [0, 0.05) is 0 Å². The fourth-order valence-corrected chi connectivity index (χ4v) is 0.427. The average Bonchev–Trinajstić information content (AvgIpc) is 1.80. The minimum absolute atomic E-state index is 0.000000000000000222. The minimum Gasteiger partial charge on any atom is -0.377 e. The van der Waals surface area contributed by atoms with E-state index in [1.54, 1.807) is 0 Å². The molecule has 0 aliphatic rings. The molecule has 0 amide bonds. The van der Waals surface area contributed by atoms with Gasteiger partial charge in [-0.05, 0) is 12.2 Å². The molecule has 9 heteroatoms. The lowest BCUT2D eigenvalue weighted by molar-refractivity contribution is 1.09. The second-order valence-electron chi connectivity index (χ2n) is 1.81. The molecule has 1 aromatic rings. The molecule has 13 heavy (non-hydrogen) atoms. The van der Waals surface area contributed by atoms with Crippen molar-refractivity contribution in [1.82, 2.24) is 15.0 Å².